The van der Waals surface area contributed by atoms with Crippen LogP contribution in [0.2, 0.25) is 0 Å². The molecule has 138 valence electrons. The number of hydrogen-bond acceptors (Lipinski definition) is 5. The van der Waals surface area contributed by atoms with E-state index in [0.717, 1.165) is 43.9 Å². The van der Waals surface area contributed by atoms with E-state index in [2.05, 4.69) is 9.80 Å². The number of methoxy groups -OCH3 is 1. The van der Waals surface area contributed by atoms with E-state index in [9.17, 15) is 14.5 Å². The minimum atomic E-state index is -0.387. The molecular weight excluding hydrogens is 337 g/mol. The average molecular weight is 359 g/mol. The quantitative estimate of drug-likeness (QED) is 0.604. The Kier molecular flexibility index (Phi) is 5.68. The Morgan fingerprint density at radius 1 is 1.12 bits per heavy atom. The van der Waals surface area contributed by atoms with Gasteiger partial charge in [0.15, 0.2) is 0 Å². The maximum atomic E-state index is 13.1. The van der Waals surface area contributed by atoms with Gasteiger partial charge in [-0.3, -0.25) is 15.0 Å². The highest BCUT2D eigenvalue weighted by molar-refractivity contribution is 5.46. The first kappa shape index (κ1) is 18.1. The molecule has 1 fully saturated rings. The van der Waals surface area contributed by atoms with E-state index < -0.39 is 0 Å². The van der Waals surface area contributed by atoms with Gasteiger partial charge in [-0.2, -0.15) is 0 Å². The van der Waals surface area contributed by atoms with Crippen molar-refractivity contribution in [2.45, 2.75) is 13.0 Å². The van der Waals surface area contributed by atoms with Crippen LogP contribution in [0.3, 0.4) is 0 Å². The van der Waals surface area contributed by atoms with Gasteiger partial charge in [0.1, 0.15) is 11.6 Å². The molecule has 0 amide bonds. The summed E-state index contributed by atoms with van der Waals surface area (Å²) in [4.78, 5) is 15.2. The van der Waals surface area contributed by atoms with E-state index in [0.29, 0.717) is 12.3 Å². The van der Waals surface area contributed by atoms with Crippen molar-refractivity contribution < 1.29 is 14.1 Å². The minimum absolute atomic E-state index is 0.0727. The molecule has 2 aromatic carbocycles. The van der Waals surface area contributed by atoms with Crippen molar-refractivity contribution in [2.24, 2.45) is 0 Å². The first-order valence-electron chi connectivity index (χ1n) is 8.61. The van der Waals surface area contributed by atoms with E-state index in [1.807, 2.05) is 0 Å². The number of nitro benzene ring substituents is 1. The lowest BCUT2D eigenvalue weighted by Gasteiger charge is -2.24. The van der Waals surface area contributed by atoms with Crippen molar-refractivity contribution in [1.29, 1.82) is 0 Å². The maximum Gasteiger partial charge on any atom is 0.270 e. The van der Waals surface area contributed by atoms with Crippen LogP contribution in [0.4, 0.5) is 15.8 Å². The van der Waals surface area contributed by atoms with Crippen LogP contribution in [0.1, 0.15) is 12.0 Å². The van der Waals surface area contributed by atoms with Crippen LogP contribution < -0.4 is 9.64 Å². The molecule has 1 heterocycles. The Bertz CT molecular complexity index is 767. The highest BCUT2D eigenvalue weighted by Gasteiger charge is 2.18. The maximum absolute atomic E-state index is 13.1. The summed E-state index contributed by atoms with van der Waals surface area (Å²) in [5.41, 5.74) is 1.90. The fraction of sp³-hybridized carbons (Fsp3) is 0.368. The molecule has 0 bridgehead atoms. The zero-order valence-corrected chi connectivity index (χ0v) is 14.7. The predicted octanol–water partition coefficient (Wildman–Crippen LogP) is 3.45. The summed E-state index contributed by atoms with van der Waals surface area (Å²) in [5.74, 6) is 0.429. The standard InChI is InChI=1S/C19H22FN3O3/c1-26-19-8-7-18(23(24)25)13-15(19)14-21-9-2-10-22(12-11-21)17-5-3-16(20)4-6-17/h3-8,13H,2,9-12,14H2,1H3. The van der Waals surface area contributed by atoms with Crippen molar-refractivity contribution in [1.82, 2.24) is 4.90 Å². The summed E-state index contributed by atoms with van der Waals surface area (Å²) in [6, 6.07) is 11.2. The van der Waals surface area contributed by atoms with E-state index >= 15 is 0 Å². The molecule has 0 saturated carbocycles. The first-order valence-corrected chi connectivity index (χ1v) is 8.61. The highest BCUT2D eigenvalue weighted by Crippen LogP contribution is 2.26. The summed E-state index contributed by atoms with van der Waals surface area (Å²) in [5, 5.41) is 11.0. The fourth-order valence-corrected chi connectivity index (χ4v) is 3.28. The molecular formula is C19H22FN3O3. The Labute approximate surface area is 151 Å². The molecule has 26 heavy (non-hydrogen) atoms. The highest BCUT2D eigenvalue weighted by atomic mass is 19.1. The third kappa shape index (κ3) is 4.29. The lowest BCUT2D eigenvalue weighted by atomic mass is 10.1. The van der Waals surface area contributed by atoms with Crippen LogP contribution in [-0.4, -0.2) is 43.1 Å². The molecule has 3 rings (SSSR count). The molecule has 1 aliphatic heterocycles. The second-order valence-electron chi connectivity index (χ2n) is 6.35. The van der Waals surface area contributed by atoms with Gasteiger partial charge < -0.3 is 9.64 Å². The molecule has 0 atom stereocenters. The molecule has 0 aliphatic carbocycles. The third-order valence-corrected chi connectivity index (χ3v) is 4.65. The average Bonchev–Trinajstić information content (AvgIpc) is 2.88. The second kappa shape index (κ2) is 8.14. The number of hydrogen-bond donors (Lipinski definition) is 0. The molecule has 0 unspecified atom stereocenters. The van der Waals surface area contributed by atoms with Gasteiger partial charge in [0, 0.05) is 56.1 Å². The summed E-state index contributed by atoms with van der Waals surface area (Å²) >= 11 is 0. The van der Waals surface area contributed by atoms with Gasteiger partial charge in [-0.1, -0.05) is 0 Å². The molecule has 2 aromatic rings. The van der Waals surface area contributed by atoms with Crippen LogP contribution >= 0.6 is 0 Å². The SMILES string of the molecule is COc1ccc([N+](=O)[O-])cc1CN1CCCN(c2ccc(F)cc2)CC1. The third-order valence-electron chi connectivity index (χ3n) is 4.65. The van der Waals surface area contributed by atoms with Gasteiger partial charge in [0.25, 0.3) is 5.69 Å². The van der Waals surface area contributed by atoms with Gasteiger partial charge in [0.05, 0.1) is 12.0 Å². The molecule has 0 N–H and O–H groups in total. The van der Waals surface area contributed by atoms with Gasteiger partial charge in [-0.25, -0.2) is 4.39 Å². The zero-order chi connectivity index (χ0) is 18.5. The van der Waals surface area contributed by atoms with E-state index in [-0.39, 0.29) is 16.4 Å². The lowest BCUT2D eigenvalue weighted by molar-refractivity contribution is -0.384. The van der Waals surface area contributed by atoms with Crippen LogP contribution in [-0.2, 0) is 6.54 Å². The van der Waals surface area contributed by atoms with Gasteiger partial charge in [-0.15, -0.1) is 0 Å². The zero-order valence-electron chi connectivity index (χ0n) is 14.7. The van der Waals surface area contributed by atoms with Crippen molar-refractivity contribution in [3.05, 3.63) is 64.0 Å². The van der Waals surface area contributed by atoms with Gasteiger partial charge >= 0.3 is 0 Å². The number of non-ortho nitro benzene ring substituents is 1. The van der Waals surface area contributed by atoms with E-state index in [1.54, 1.807) is 31.4 Å². The topological polar surface area (TPSA) is 58.9 Å². The van der Waals surface area contributed by atoms with Gasteiger partial charge in [0.2, 0.25) is 0 Å². The summed E-state index contributed by atoms with van der Waals surface area (Å²) in [6.45, 7) is 4.03. The number of nitrogens with zero attached hydrogens (tertiary/aromatic N) is 3. The number of rotatable bonds is 5. The molecule has 0 radical (unpaired) electrons. The largest absolute Gasteiger partial charge is 0.496 e. The van der Waals surface area contributed by atoms with Crippen LogP contribution in [0, 0.1) is 15.9 Å². The molecule has 1 saturated heterocycles. The molecule has 0 aromatic heterocycles. The smallest absolute Gasteiger partial charge is 0.270 e. The Morgan fingerprint density at radius 2 is 1.88 bits per heavy atom. The molecule has 7 heteroatoms. The molecule has 1 aliphatic rings. The number of halogens is 1. The predicted molar refractivity (Wildman–Crippen MR) is 98.2 cm³/mol. The fourth-order valence-electron chi connectivity index (χ4n) is 3.28. The second-order valence-corrected chi connectivity index (χ2v) is 6.35. The minimum Gasteiger partial charge on any atom is -0.496 e. The van der Waals surface area contributed by atoms with Crippen molar-refractivity contribution >= 4 is 11.4 Å². The Morgan fingerprint density at radius 3 is 2.58 bits per heavy atom. The van der Waals surface area contributed by atoms with Crippen molar-refractivity contribution in [2.75, 3.05) is 38.2 Å². The number of anilines is 1. The van der Waals surface area contributed by atoms with E-state index in [4.69, 9.17) is 4.74 Å². The number of nitro groups is 1. The summed E-state index contributed by atoms with van der Waals surface area (Å²) in [6.07, 6.45) is 0.967. The van der Waals surface area contributed by atoms with Gasteiger partial charge in [-0.05, 0) is 36.8 Å². The van der Waals surface area contributed by atoms with Crippen molar-refractivity contribution in [3.8, 4) is 5.75 Å². The Balaban J connectivity index is 1.69. The number of benzene rings is 2. The number of ether oxygens (including phenoxy) is 1. The monoisotopic (exact) mass is 359 g/mol. The normalized spacial score (nSPS) is 15.5. The van der Waals surface area contributed by atoms with Crippen molar-refractivity contribution in [3.63, 3.8) is 0 Å². The molecule has 6 nitrogen and oxygen atoms in total. The summed E-state index contributed by atoms with van der Waals surface area (Å²) in [7, 11) is 1.57. The van der Waals surface area contributed by atoms with Crippen LogP contribution in [0.15, 0.2) is 42.5 Å². The lowest BCUT2D eigenvalue weighted by Crippen LogP contribution is -2.30. The van der Waals surface area contributed by atoms with Crippen LogP contribution in [0.25, 0.3) is 0 Å². The van der Waals surface area contributed by atoms with E-state index in [1.165, 1.54) is 18.2 Å². The Hall–Kier alpha value is -2.67. The van der Waals surface area contributed by atoms with Crippen LogP contribution in [0.5, 0.6) is 5.75 Å². The first-order chi connectivity index (χ1) is 12.6. The summed E-state index contributed by atoms with van der Waals surface area (Å²) < 4.78 is 18.5. The molecule has 0 spiro atoms.